The van der Waals surface area contributed by atoms with Gasteiger partial charge in [-0.1, -0.05) is 27.7 Å². The van der Waals surface area contributed by atoms with Gasteiger partial charge in [-0.2, -0.15) is 13.2 Å². The molecule has 6 heteroatoms. The van der Waals surface area contributed by atoms with Crippen molar-refractivity contribution in [1.29, 1.82) is 0 Å². The van der Waals surface area contributed by atoms with Crippen LogP contribution in [-0.2, 0) is 0 Å². The van der Waals surface area contributed by atoms with Crippen molar-refractivity contribution in [3.63, 3.8) is 0 Å². The number of hydrogen-bond acceptors (Lipinski definition) is 1. The highest BCUT2D eigenvalue weighted by Gasteiger charge is 2.29. The average Bonchev–Trinajstić information content (AvgIpc) is 2.84. The zero-order valence-electron chi connectivity index (χ0n) is 11.0. The van der Waals surface area contributed by atoms with E-state index in [0.717, 1.165) is 12.8 Å². The van der Waals surface area contributed by atoms with Gasteiger partial charge in [-0.15, -0.1) is 0 Å². The van der Waals surface area contributed by atoms with Gasteiger partial charge in [-0.3, -0.25) is 0 Å². The van der Waals surface area contributed by atoms with Gasteiger partial charge in [-0.25, -0.2) is 4.79 Å². The van der Waals surface area contributed by atoms with Gasteiger partial charge < -0.3 is 10.2 Å². The molecule has 1 saturated heterocycles. The molecule has 3 nitrogen and oxygen atoms in total. The molecule has 1 N–H and O–H groups in total. The van der Waals surface area contributed by atoms with E-state index < -0.39 is 18.8 Å². The van der Waals surface area contributed by atoms with Crippen molar-refractivity contribution in [1.82, 2.24) is 10.2 Å². The molecule has 0 aliphatic carbocycles. The fourth-order valence-electron chi connectivity index (χ4n) is 1.21. The minimum Gasteiger partial charge on any atom is -0.329 e. The first-order valence-electron chi connectivity index (χ1n) is 6.08. The first-order valence-corrected chi connectivity index (χ1v) is 6.08. The molecular formula is C11H23F3N2O. The van der Waals surface area contributed by atoms with Crippen LogP contribution in [-0.4, -0.2) is 36.7 Å². The van der Waals surface area contributed by atoms with E-state index in [1.807, 2.05) is 33.0 Å². The number of urea groups is 1. The number of hydrogen-bond donors (Lipinski definition) is 1. The second-order valence-electron chi connectivity index (χ2n) is 2.97. The summed E-state index contributed by atoms with van der Waals surface area (Å²) >= 11 is 0. The highest BCUT2D eigenvalue weighted by Crippen LogP contribution is 2.13. The van der Waals surface area contributed by atoms with Gasteiger partial charge in [0.05, 0.1) is 0 Å². The summed E-state index contributed by atoms with van der Waals surface area (Å²) in [5.41, 5.74) is 0. The van der Waals surface area contributed by atoms with Crippen LogP contribution in [0.4, 0.5) is 18.0 Å². The highest BCUT2D eigenvalue weighted by atomic mass is 19.4. The first kappa shape index (κ1) is 18.4. The molecule has 0 aromatic carbocycles. The number of carbonyl (C=O) groups is 1. The normalized spacial score (nSPS) is 14.2. The molecule has 0 atom stereocenters. The largest absolute Gasteiger partial charge is 0.405 e. The molecular weight excluding hydrogens is 233 g/mol. The summed E-state index contributed by atoms with van der Waals surface area (Å²) in [5.74, 6) is 0. The molecule has 1 heterocycles. The lowest BCUT2D eigenvalue weighted by Crippen LogP contribution is -2.42. The lowest BCUT2D eigenvalue weighted by Gasteiger charge is -2.16. The third kappa shape index (κ3) is 9.96. The molecule has 1 aliphatic rings. The highest BCUT2D eigenvalue weighted by molar-refractivity contribution is 5.74. The van der Waals surface area contributed by atoms with Crippen LogP contribution in [0.2, 0.25) is 0 Å². The Morgan fingerprint density at radius 2 is 1.53 bits per heavy atom. The van der Waals surface area contributed by atoms with Crippen LogP contribution in [0.5, 0.6) is 0 Å². The van der Waals surface area contributed by atoms with Crippen molar-refractivity contribution in [2.24, 2.45) is 0 Å². The Bertz CT molecular complexity index is 190. The number of rotatable bonds is 1. The van der Waals surface area contributed by atoms with Crippen LogP contribution in [0.25, 0.3) is 0 Å². The molecule has 104 valence electrons. The van der Waals surface area contributed by atoms with Crippen LogP contribution in [0.1, 0.15) is 40.5 Å². The van der Waals surface area contributed by atoms with Gasteiger partial charge in [0.15, 0.2) is 0 Å². The second kappa shape index (κ2) is 10.2. The summed E-state index contributed by atoms with van der Waals surface area (Å²) in [4.78, 5) is 12.4. The van der Waals surface area contributed by atoms with Crippen molar-refractivity contribution in [3.05, 3.63) is 0 Å². The van der Waals surface area contributed by atoms with E-state index in [0.29, 0.717) is 13.1 Å². The smallest absolute Gasteiger partial charge is 0.329 e. The van der Waals surface area contributed by atoms with Gasteiger partial charge >= 0.3 is 12.2 Å². The van der Waals surface area contributed by atoms with E-state index in [9.17, 15) is 18.0 Å². The predicted octanol–water partition coefficient (Wildman–Crippen LogP) is 3.41. The van der Waals surface area contributed by atoms with E-state index in [2.05, 4.69) is 0 Å². The Balaban J connectivity index is 0. The minimum atomic E-state index is -4.32. The lowest BCUT2D eigenvalue weighted by molar-refractivity contribution is -0.123. The topological polar surface area (TPSA) is 32.3 Å². The number of carbonyl (C=O) groups excluding carboxylic acids is 1. The van der Waals surface area contributed by atoms with Crippen LogP contribution in [0, 0.1) is 0 Å². The number of halogens is 3. The average molecular weight is 256 g/mol. The standard InChI is InChI=1S/C7H11F3N2O.2C2H6/c8-7(9,10)5-11-6(13)12-3-1-2-4-12;2*1-2/h1-5H2,(H,11,13);2*1-2H3. The number of nitrogens with zero attached hydrogens (tertiary/aromatic N) is 1. The molecule has 1 rings (SSSR count). The van der Waals surface area contributed by atoms with Gasteiger partial charge in [0.25, 0.3) is 0 Å². The summed E-state index contributed by atoms with van der Waals surface area (Å²) in [6, 6.07) is -0.616. The molecule has 0 saturated carbocycles. The fourth-order valence-corrected chi connectivity index (χ4v) is 1.21. The zero-order valence-corrected chi connectivity index (χ0v) is 11.0. The molecule has 0 unspecified atom stereocenters. The van der Waals surface area contributed by atoms with Gasteiger partial charge in [-0.05, 0) is 12.8 Å². The predicted molar refractivity (Wildman–Crippen MR) is 63.0 cm³/mol. The van der Waals surface area contributed by atoms with E-state index in [-0.39, 0.29) is 0 Å². The van der Waals surface area contributed by atoms with E-state index in [1.165, 1.54) is 4.90 Å². The molecule has 17 heavy (non-hydrogen) atoms. The van der Waals surface area contributed by atoms with E-state index in [1.54, 1.807) is 0 Å². The Labute approximate surface area is 101 Å². The molecule has 0 bridgehead atoms. The van der Waals surface area contributed by atoms with Gasteiger partial charge in [0, 0.05) is 13.1 Å². The van der Waals surface area contributed by atoms with Crippen LogP contribution < -0.4 is 5.32 Å². The van der Waals surface area contributed by atoms with Crippen LogP contribution in [0.3, 0.4) is 0 Å². The molecule has 2 amide bonds. The third-order valence-corrected chi connectivity index (χ3v) is 1.83. The van der Waals surface area contributed by atoms with E-state index in [4.69, 9.17) is 0 Å². The summed E-state index contributed by atoms with van der Waals surface area (Å²) in [7, 11) is 0. The Morgan fingerprint density at radius 1 is 1.12 bits per heavy atom. The van der Waals surface area contributed by atoms with Crippen molar-refractivity contribution < 1.29 is 18.0 Å². The van der Waals surface area contributed by atoms with E-state index >= 15 is 0 Å². The van der Waals surface area contributed by atoms with Crippen molar-refractivity contribution in [3.8, 4) is 0 Å². The molecule has 0 aromatic heterocycles. The quantitative estimate of drug-likeness (QED) is 0.766. The monoisotopic (exact) mass is 256 g/mol. The van der Waals surface area contributed by atoms with Crippen molar-refractivity contribution in [2.75, 3.05) is 19.6 Å². The third-order valence-electron chi connectivity index (χ3n) is 1.83. The van der Waals surface area contributed by atoms with Crippen LogP contribution in [0.15, 0.2) is 0 Å². The minimum absolute atomic E-state index is 0.559. The Kier molecular flexibility index (Phi) is 11.1. The molecule has 0 aromatic rings. The zero-order chi connectivity index (χ0) is 13.9. The summed E-state index contributed by atoms with van der Waals surface area (Å²) in [6.07, 6.45) is -2.58. The van der Waals surface area contributed by atoms with Crippen molar-refractivity contribution in [2.45, 2.75) is 46.7 Å². The Hall–Kier alpha value is -0.940. The lowest BCUT2D eigenvalue weighted by atomic mass is 10.4. The van der Waals surface area contributed by atoms with Gasteiger partial charge in [0.2, 0.25) is 0 Å². The number of alkyl halides is 3. The van der Waals surface area contributed by atoms with Crippen molar-refractivity contribution >= 4 is 6.03 Å². The number of amides is 2. The molecule has 1 fully saturated rings. The molecule has 0 radical (unpaired) electrons. The molecule has 0 spiro atoms. The maximum Gasteiger partial charge on any atom is 0.405 e. The Morgan fingerprint density at radius 3 is 1.88 bits per heavy atom. The maximum absolute atomic E-state index is 11.7. The number of likely N-dealkylation sites (tertiary alicyclic amines) is 1. The summed E-state index contributed by atoms with van der Waals surface area (Å²) < 4.78 is 35.0. The van der Waals surface area contributed by atoms with Gasteiger partial charge in [0.1, 0.15) is 6.54 Å². The SMILES string of the molecule is CC.CC.O=C(NCC(F)(F)F)N1CCCC1. The molecule has 1 aliphatic heterocycles. The first-order chi connectivity index (χ1) is 7.99. The summed E-state index contributed by atoms with van der Waals surface area (Å²) in [6.45, 7) is 7.87. The fraction of sp³-hybridized carbons (Fsp3) is 0.909. The second-order valence-corrected chi connectivity index (χ2v) is 2.97. The van der Waals surface area contributed by atoms with Crippen LogP contribution >= 0.6 is 0 Å². The summed E-state index contributed by atoms with van der Waals surface area (Å²) in [5, 5.41) is 1.83. The maximum atomic E-state index is 11.7. The number of nitrogens with one attached hydrogen (secondary N) is 1.